The van der Waals surface area contributed by atoms with Crippen molar-refractivity contribution in [3.8, 4) is 11.8 Å². The van der Waals surface area contributed by atoms with Crippen molar-refractivity contribution >= 4 is 28.4 Å². The number of aromatic nitrogens is 5. The number of nitrogens with zero attached hydrogens (tertiary/aromatic N) is 7. The van der Waals surface area contributed by atoms with Crippen LogP contribution in [-0.2, 0) is 11.2 Å². The molecule has 190 valence electrons. The number of methoxy groups -OCH3 is 2. The summed E-state index contributed by atoms with van der Waals surface area (Å²) < 4.78 is 10.3. The molecule has 0 aliphatic carbocycles. The second-order valence-corrected chi connectivity index (χ2v) is 8.64. The number of ether oxygens (including phenoxy) is 2. The highest BCUT2D eigenvalue weighted by Crippen LogP contribution is 2.28. The molecule has 1 fully saturated rings. The molecule has 1 aliphatic rings. The Kier molecular flexibility index (Phi) is 7.31. The maximum absolute atomic E-state index is 12.6. The molecule has 1 aliphatic heterocycles. The van der Waals surface area contributed by atoms with Gasteiger partial charge in [-0.05, 0) is 17.7 Å². The van der Waals surface area contributed by atoms with E-state index in [4.69, 9.17) is 9.47 Å². The van der Waals surface area contributed by atoms with Crippen LogP contribution in [0, 0.1) is 0 Å². The van der Waals surface area contributed by atoms with E-state index in [1.807, 2.05) is 24.3 Å². The average Bonchev–Trinajstić information content (AvgIpc) is 2.94. The zero-order valence-electron chi connectivity index (χ0n) is 20.8. The smallest absolute Gasteiger partial charge is 0.240 e. The van der Waals surface area contributed by atoms with Crippen LogP contribution in [0.5, 0.6) is 11.8 Å². The third kappa shape index (κ3) is 5.72. The maximum atomic E-state index is 12.6. The number of rotatable bonds is 8. The fourth-order valence-corrected chi connectivity index (χ4v) is 4.36. The fraction of sp³-hybridized carbons (Fsp3) is 0.308. The van der Waals surface area contributed by atoms with Gasteiger partial charge in [0.1, 0.15) is 0 Å². The number of carbonyl (C=O) groups is 1. The number of carbonyl (C=O) groups excluding carboxylic acids is 1. The third-order valence-corrected chi connectivity index (χ3v) is 6.25. The summed E-state index contributed by atoms with van der Waals surface area (Å²) in [5, 5.41) is 14.1. The minimum Gasteiger partial charge on any atom is -0.481 e. The molecule has 1 saturated heterocycles. The Morgan fingerprint density at radius 2 is 1.59 bits per heavy atom. The molecular weight excluding hydrogens is 472 g/mol. The molecular formula is C26H28N8O3. The van der Waals surface area contributed by atoms with Crippen molar-refractivity contribution in [1.82, 2.24) is 30.0 Å². The van der Waals surface area contributed by atoms with E-state index in [0.717, 1.165) is 40.9 Å². The lowest BCUT2D eigenvalue weighted by molar-refractivity contribution is -0.117. The molecule has 0 atom stereocenters. The largest absolute Gasteiger partial charge is 0.481 e. The number of piperazine rings is 1. The molecule has 0 radical (unpaired) electrons. The lowest BCUT2D eigenvalue weighted by Crippen LogP contribution is -2.49. The van der Waals surface area contributed by atoms with Crippen LogP contribution in [0.3, 0.4) is 0 Å². The van der Waals surface area contributed by atoms with Gasteiger partial charge in [0, 0.05) is 55.8 Å². The number of benzene rings is 1. The van der Waals surface area contributed by atoms with Crippen molar-refractivity contribution in [3.05, 3.63) is 66.1 Å². The Hall–Kier alpha value is -4.38. The molecule has 1 amide bonds. The van der Waals surface area contributed by atoms with E-state index in [2.05, 4.69) is 52.4 Å². The summed E-state index contributed by atoms with van der Waals surface area (Å²) in [5.41, 5.74) is 2.09. The first-order chi connectivity index (χ1) is 18.1. The molecule has 1 aromatic carbocycles. The van der Waals surface area contributed by atoms with Crippen molar-refractivity contribution in [2.75, 3.05) is 57.2 Å². The van der Waals surface area contributed by atoms with Crippen molar-refractivity contribution in [3.63, 3.8) is 0 Å². The lowest BCUT2D eigenvalue weighted by atomic mass is 10.0. The van der Waals surface area contributed by atoms with E-state index in [1.54, 1.807) is 18.5 Å². The normalized spacial score (nSPS) is 13.9. The lowest BCUT2D eigenvalue weighted by Gasteiger charge is -2.35. The van der Waals surface area contributed by atoms with Gasteiger partial charge in [-0.2, -0.15) is 15.1 Å². The molecule has 0 spiro atoms. The van der Waals surface area contributed by atoms with Crippen molar-refractivity contribution in [1.29, 1.82) is 0 Å². The van der Waals surface area contributed by atoms with Crippen LogP contribution in [0.2, 0.25) is 0 Å². The van der Waals surface area contributed by atoms with E-state index in [0.29, 0.717) is 31.3 Å². The van der Waals surface area contributed by atoms with Gasteiger partial charge in [0.15, 0.2) is 5.82 Å². The third-order valence-electron chi connectivity index (χ3n) is 6.25. The quantitative estimate of drug-likeness (QED) is 0.386. The summed E-state index contributed by atoms with van der Waals surface area (Å²) in [6, 6.07) is 13.8. The predicted octanol–water partition coefficient (Wildman–Crippen LogP) is 2.18. The van der Waals surface area contributed by atoms with E-state index in [-0.39, 0.29) is 18.4 Å². The van der Waals surface area contributed by atoms with Gasteiger partial charge in [-0.1, -0.05) is 24.3 Å². The van der Waals surface area contributed by atoms with E-state index < -0.39 is 0 Å². The summed E-state index contributed by atoms with van der Waals surface area (Å²) in [7, 11) is 2.99. The zero-order chi connectivity index (χ0) is 25.6. The van der Waals surface area contributed by atoms with Gasteiger partial charge in [-0.25, -0.2) is 0 Å². The van der Waals surface area contributed by atoms with Crippen molar-refractivity contribution in [2.24, 2.45) is 0 Å². The van der Waals surface area contributed by atoms with Crippen LogP contribution in [0.15, 0.2) is 54.9 Å². The van der Waals surface area contributed by atoms with Crippen LogP contribution < -0.4 is 19.7 Å². The number of pyridine rings is 1. The number of anilines is 2. The van der Waals surface area contributed by atoms with E-state index >= 15 is 0 Å². The van der Waals surface area contributed by atoms with Gasteiger partial charge in [-0.15, -0.1) is 5.10 Å². The molecule has 0 unspecified atom stereocenters. The molecule has 5 rings (SSSR count). The van der Waals surface area contributed by atoms with Gasteiger partial charge in [0.25, 0.3) is 0 Å². The molecule has 0 bridgehead atoms. The maximum Gasteiger partial charge on any atom is 0.240 e. The zero-order valence-corrected chi connectivity index (χ0v) is 20.8. The summed E-state index contributed by atoms with van der Waals surface area (Å²) in [6.45, 7) is 3.13. The van der Waals surface area contributed by atoms with E-state index in [1.165, 1.54) is 14.2 Å². The molecule has 4 heterocycles. The summed E-state index contributed by atoms with van der Waals surface area (Å²) in [4.78, 5) is 29.4. The van der Waals surface area contributed by atoms with Gasteiger partial charge in [0.05, 0.1) is 32.5 Å². The topological polar surface area (TPSA) is 118 Å². The average molecular weight is 501 g/mol. The summed E-state index contributed by atoms with van der Waals surface area (Å²) in [5.74, 6) is 1.45. The molecule has 4 aromatic rings. The number of hydrogen-bond acceptors (Lipinski definition) is 10. The van der Waals surface area contributed by atoms with Crippen LogP contribution in [0.4, 0.5) is 11.8 Å². The molecule has 0 saturated carbocycles. The van der Waals surface area contributed by atoms with Crippen molar-refractivity contribution in [2.45, 2.75) is 6.42 Å². The molecule has 11 nitrogen and oxygen atoms in total. The first-order valence-electron chi connectivity index (χ1n) is 12.0. The van der Waals surface area contributed by atoms with Gasteiger partial charge < -0.3 is 14.4 Å². The van der Waals surface area contributed by atoms with E-state index in [9.17, 15) is 4.79 Å². The Morgan fingerprint density at radius 1 is 0.919 bits per heavy atom. The number of amides is 1. The molecule has 3 aromatic heterocycles. The summed E-state index contributed by atoms with van der Waals surface area (Å²) >= 11 is 0. The Morgan fingerprint density at radius 3 is 2.27 bits per heavy atom. The first kappa shape index (κ1) is 24.3. The standard InChI is InChI=1S/C26H28N8O3/c1-36-23-16-24(37-2)30-26(29-23)28-22(35)17-33-11-13-34(14-12-33)25-20-6-4-3-5-19(20)21(31-32-25)15-18-7-9-27-10-8-18/h3-10,16H,11-15,17H2,1-2H3,(H,28,29,30,35). The Balaban J connectivity index is 1.23. The first-order valence-corrected chi connectivity index (χ1v) is 12.0. The predicted molar refractivity (Wildman–Crippen MR) is 139 cm³/mol. The van der Waals surface area contributed by atoms with Crippen LogP contribution in [0.25, 0.3) is 10.8 Å². The number of hydrogen-bond donors (Lipinski definition) is 1. The fourth-order valence-electron chi connectivity index (χ4n) is 4.36. The van der Waals surface area contributed by atoms with Crippen LogP contribution in [0.1, 0.15) is 11.3 Å². The number of fused-ring (bicyclic) bond motifs is 1. The highest BCUT2D eigenvalue weighted by molar-refractivity contribution is 5.94. The highest BCUT2D eigenvalue weighted by atomic mass is 16.5. The molecule has 37 heavy (non-hydrogen) atoms. The highest BCUT2D eigenvalue weighted by Gasteiger charge is 2.23. The second kappa shape index (κ2) is 11.1. The minimum absolute atomic E-state index is 0.147. The van der Waals surface area contributed by atoms with Crippen LogP contribution in [-0.4, -0.2) is 82.9 Å². The Bertz CT molecular complexity index is 1350. The molecule has 11 heteroatoms. The van der Waals surface area contributed by atoms with Gasteiger partial charge in [0.2, 0.25) is 23.6 Å². The van der Waals surface area contributed by atoms with Crippen molar-refractivity contribution < 1.29 is 14.3 Å². The van der Waals surface area contributed by atoms with Crippen LogP contribution >= 0.6 is 0 Å². The summed E-state index contributed by atoms with van der Waals surface area (Å²) in [6.07, 6.45) is 4.28. The number of nitrogens with one attached hydrogen (secondary N) is 1. The molecule has 1 N–H and O–H groups in total. The minimum atomic E-state index is -0.200. The monoisotopic (exact) mass is 500 g/mol. The Labute approximate surface area is 214 Å². The van der Waals surface area contributed by atoms with Gasteiger partial charge in [-0.3, -0.25) is 20.0 Å². The van der Waals surface area contributed by atoms with Gasteiger partial charge >= 0.3 is 0 Å². The SMILES string of the molecule is COc1cc(OC)nc(NC(=O)CN2CCN(c3nnc(Cc4ccncc4)c4ccccc34)CC2)n1. The second-order valence-electron chi connectivity index (χ2n) is 8.64.